The summed E-state index contributed by atoms with van der Waals surface area (Å²) >= 11 is 0. The summed E-state index contributed by atoms with van der Waals surface area (Å²) in [4.78, 5) is 11.5. The van der Waals surface area contributed by atoms with E-state index >= 15 is 0 Å². The third kappa shape index (κ3) is 2.20. The van der Waals surface area contributed by atoms with Crippen molar-refractivity contribution >= 4 is 5.91 Å². The third-order valence-corrected chi connectivity index (χ3v) is 3.40. The molecule has 1 amide bonds. The summed E-state index contributed by atoms with van der Waals surface area (Å²) in [5.74, 6) is -0.289. The molecule has 0 saturated heterocycles. The highest BCUT2D eigenvalue weighted by atomic mass is 16.3. The lowest BCUT2D eigenvalue weighted by Crippen LogP contribution is -2.18. The van der Waals surface area contributed by atoms with Crippen LogP contribution in [0.1, 0.15) is 47.5 Å². The Kier molecular flexibility index (Phi) is 3.22. The van der Waals surface area contributed by atoms with Crippen molar-refractivity contribution in [2.75, 3.05) is 7.05 Å². The van der Waals surface area contributed by atoms with E-state index < -0.39 is 0 Å². The lowest BCUT2D eigenvalue weighted by Gasteiger charge is -2.14. The second-order valence-electron chi connectivity index (χ2n) is 4.49. The van der Waals surface area contributed by atoms with Crippen LogP contribution in [-0.4, -0.2) is 23.2 Å². The molecule has 0 aromatic heterocycles. The first-order chi connectivity index (χ1) is 8.13. The fourth-order valence-electron chi connectivity index (χ4n) is 2.46. The van der Waals surface area contributed by atoms with Crippen LogP contribution in [-0.2, 0) is 0 Å². The molecule has 4 heteroatoms. The van der Waals surface area contributed by atoms with Gasteiger partial charge in [-0.3, -0.25) is 4.79 Å². The van der Waals surface area contributed by atoms with Gasteiger partial charge in [-0.05, 0) is 30.9 Å². The maximum absolute atomic E-state index is 11.5. The van der Waals surface area contributed by atoms with Gasteiger partial charge in [-0.2, -0.15) is 0 Å². The first-order valence-electron chi connectivity index (χ1n) is 5.91. The van der Waals surface area contributed by atoms with Gasteiger partial charge in [-0.15, -0.1) is 0 Å². The highest BCUT2D eigenvalue weighted by Gasteiger charge is 2.23. The standard InChI is InChI=1S/C13H17NO3/c1-14-13(17)9-6-10(8-4-2-3-5-8)12(16)11(15)7-9/h6-8,15-16H,2-5H2,1H3,(H,14,17). The molecule has 1 saturated carbocycles. The highest BCUT2D eigenvalue weighted by molar-refractivity contribution is 5.95. The van der Waals surface area contributed by atoms with Crippen LogP contribution in [0.4, 0.5) is 0 Å². The molecule has 3 N–H and O–H groups in total. The van der Waals surface area contributed by atoms with E-state index in [4.69, 9.17) is 0 Å². The zero-order chi connectivity index (χ0) is 12.4. The van der Waals surface area contributed by atoms with Gasteiger partial charge in [0.15, 0.2) is 11.5 Å². The Labute approximate surface area is 100 Å². The van der Waals surface area contributed by atoms with Crippen molar-refractivity contribution in [3.63, 3.8) is 0 Å². The maximum atomic E-state index is 11.5. The molecule has 0 aliphatic heterocycles. The fourth-order valence-corrected chi connectivity index (χ4v) is 2.46. The lowest BCUT2D eigenvalue weighted by molar-refractivity contribution is 0.0962. The Morgan fingerprint density at radius 1 is 1.29 bits per heavy atom. The SMILES string of the molecule is CNC(=O)c1cc(O)c(O)c(C2CCCC2)c1. The van der Waals surface area contributed by atoms with Crippen molar-refractivity contribution < 1.29 is 15.0 Å². The monoisotopic (exact) mass is 235 g/mol. The van der Waals surface area contributed by atoms with Crippen LogP contribution in [0, 0.1) is 0 Å². The number of hydrogen-bond acceptors (Lipinski definition) is 3. The van der Waals surface area contributed by atoms with E-state index in [0.717, 1.165) is 25.7 Å². The zero-order valence-electron chi connectivity index (χ0n) is 9.86. The predicted molar refractivity (Wildman–Crippen MR) is 64.4 cm³/mol. The largest absolute Gasteiger partial charge is 0.504 e. The fraction of sp³-hybridized carbons (Fsp3) is 0.462. The van der Waals surface area contributed by atoms with E-state index in [-0.39, 0.29) is 23.3 Å². The first kappa shape index (κ1) is 11.8. The molecular formula is C13H17NO3. The number of rotatable bonds is 2. The van der Waals surface area contributed by atoms with Crippen molar-refractivity contribution in [2.45, 2.75) is 31.6 Å². The van der Waals surface area contributed by atoms with E-state index in [1.165, 1.54) is 6.07 Å². The Morgan fingerprint density at radius 3 is 2.53 bits per heavy atom. The molecule has 92 valence electrons. The topological polar surface area (TPSA) is 69.6 Å². The van der Waals surface area contributed by atoms with Crippen LogP contribution < -0.4 is 5.32 Å². The smallest absolute Gasteiger partial charge is 0.251 e. The minimum absolute atomic E-state index is 0.0791. The Hall–Kier alpha value is -1.71. The zero-order valence-corrected chi connectivity index (χ0v) is 9.86. The van der Waals surface area contributed by atoms with Gasteiger partial charge in [0.05, 0.1) is 0 Å². The summed E-state index contributed by atoms with van der Waals surface area (Å²) in [6.45, 7) is 0. The van der Waals surface area contributed by atoms with Crippen LogP contribution in [0.15, 0.2) is 12.1 Å². The van der Waals surface area contributed by atoms with Gasteiger partial charge in [0.2, 0.25) is 0 Å². The van der Waals surface area contributed by atoms with E-state index in [1.54, 1.807) is 13.1 Å². The molecule has 1 fully saturated rings. The van der Waals surface area contributed by atoms with Crippen LogP contribution in [0.2, 0.25) is 0 Å². The van der Waals surface area contributed by atoms with E-state index in [2.05, 4.69) is 5.32 Å². The maximum Gasteiger partial charge on any atom is 0.251 e. The second kappa shape index (κ2) is 4.65. The quantitative estimate of drug-likeness (QED) is 0.688. The second-order valence-corrected chi connectivity index (χ2v) is 4.49. The number of phenolic OH excluding ortho intramolecular Hbond substituents is 2. The molecule has 1 aromatic rings. The Bertz CT molecular complexity index is 437. The highest BCUT2D eigenvalue weighted by Crippen LogP contribution is 2.42. The molecule has 0 spiro atoms. The van der Waals surface area contributed by atoms with E-state index in [9.17, 15) is 15.0 Å². The van der Waals surface area contributed by atoms with Crippen molar-refractivity contribution in [1.82, 2.24) is 5.32 Å². The van der Waals surface area contributed by atoms with Crippen LogP contribution in [0.5, 0.6) is 11.5 Å². The molecule has 0 radical (unpaired) electrons. The number of aromatic hydroxyl groups is 2. The average molecular weight is 235 g/mol. The number of phenols is 2. The summed E-state index contributed by atoms with van der Waals surface area (Å²) in [5, 5.41) is 22.0. The number of benzene rings is 1. The van der Waals surface area contributed by atoms with Crippen LogP contribution in [0.25, 0.3) is 0 Å². The first-order valence-corrected chi connectivity index (χ1v) is 5.91. The molecule has 4 nitrogen and oxygen atoms in total. The van der Waals surface area contributed by atoms with Crippen molar-refractivity contribution in [2.24, 2.45) is 0 Å². The molecule has 2 rings (SSSR count). The number of carbonyl (C=O) groups excluding carboxylic acids is 1. The van der Waals surface area contributed by atoms with E-state index in [1.807, 2.05) is 0 Å². The molecule has 1 aliphatic carbocycles. The normalized spacial score (nSPS) is 16.1. The number of amides is 1. The van der Waals surface area contributed by atoms with Crippen molar-refractivity contribution in [3.8, 4) is 11.5 Å². The molecule has 0 unspecified atom stereocenters. The number of carbonyl (C=O) groups is 1. The van der Waals surface area contributed by atoms with Gasteiger partial charge in [0.1, 0.15) is 0 Å². The Balaban J connectivity index is 2.42. The summed E-state index contributed by atoms with van der Waals surface area (Å²) in [6.07, 6.45) is 4.28. The van der Waals surface area contributed by atoms with Crippen molar-refractivity contribution in [1.29, 1.82) is 0 Å². The molecular weight excluding hydrogens is 218 g/mol. The molecule has 0 heterocycles. The minimum Gasteiger partial charge on any atom is -0.504 e. The van der Waals surface area contributed by atoms with Gasteiger partial charge in [0.25, 0.3) is 5.91 Å². The van der Waals surface area contributed by atoms with Crippen molar-refractivity contribution in [3.05, 3.63) is 23.3 Å². The van der Waals surface area contributed by atoms with E-state index in [0.29, 0.717) is 11.1 Å². The summed E-state index contributed by atoms with van der Waals surface area (Å²) in [7, 11) is 1.54. The number of hydrogen-bond donors (Lipinski definition) is 3. The van der Waals surface area contributed by atoms with Crippen LogP contribution >= 0.6 is 0 Å². The number of nitrogens with one attached hydrogen (secondary N) is 1. The summed E-state index contributed by atoms with van der Waals surface area (Å²) in [6, 6.07) is 2.98. The van der Waals surface area contributed by atoms with Gasteiger partial charge in [-0.25, -0.2) is 0 Å². The lowest BCUT2D eigenvalue weighted by atomic mass is 9.94. The third-order valence-electron chi connectivity index (χ3n) is 3.40. The summed E-state index contributed by atoms with van der Waals surface area (Å²) < 4.78 is 0. The van der Waals surface area contributed by atoms with Crippen LogP contribution in [0.3, 0.4) is 0 Å². The van der Waals surface area contributed by atoms with Gasteiger partial charge in [0, 0.05) is 18.2 Å². The molecule has 0 bridgehead atoms. The molecule has 1 aliphatic rings. The molecule has 1 aromatic carbocycles. The average Bonchev–Trinajstić information content (AvgIpc) is 2.85. The predicted octanol–water partition coefficient (Wildman–Crippen LogP) is 2.12. The van der Waals surface area contributed by atoms with Gasteiger partial charge < -0.3 is 15.5 Å². The minimum atomic E-state index is -0.250. The van der Waals surface area contributed by atoms with Gasteiger partial charge in [-0.1, -0.05) is 12.8 Å². The van der Waals surface area contributed by atoms with Gasteiger partial charge >= 0.3 is 0 Å². The summed E-state index contributed by atoms with van der Waals surface area (Å²) in [5.41, 5.74) is 1.09. The Morgan fingerprint density at radius 2 is 1.94 bits per heavy atom. The molecule has 0 atom stereocenters. The molecule has 17 heavy (non-hydrogen) atoms.